The van der Waals surface area contributed by atoms with Crippen LogP contribution in [0, 0.1) is 0 Å². The van der Waals surface area contributed by atoms with Crippen molar-refractivity contribution in [2.24, 2.45) is 7.05 Å². The lowest BCUT2D eigenvalue weighted by molar-refractivity contribution is -0.670. The maximum atomic E-state index is 12.0. The van der Waals surface area contributed by atoms with Crippen molar-refractivity contribution < 1.29 is 42.1 Å². The summed E-state index contributed by atoms with van der Waals surface area (Å²) in [5.41, 5.74) is 0. The molecule has 1 heterocycles. The lowest BCUT2D eigenvalue weighted by atomic mass is 10.6. The molecule has 1 amide bonds. The zero-order valence-corrected chi connectivity index (χ0v) is 10.6. The van der Waals surface area contributed by atoms with Crippen molar-refractivity contribution in [2.75, 3.05) is 13.6 Å². The Kier molecular flexibility index (Phi) is 5.69. The number of nitrogens with zero attached hydrogens (tertiary/aromatic N) is 3. The second-order valence-electron chi connectivity index (χ2n) is 3.04. The lowest BCUT2D eigenvalue weighted by Gasteiger charge is -2.12. The van der Waals surface area contributed by atoms with Crippen LogP contribution in [0.3, 0.4) is 0 Å². The van der Waals surface area contributed by atoms with E-state index in [-0.39, 0.29) is 24.0 Å². The molecule has 0 aliphatic carbocycles. The highest BCUT2D eigenvalue weighted by molar-refractivity contribution is 5.76. The number of halogens is 3. The van der Waals surface area contributed by atoms with Crippen LogP contribution in [-0.2, 0) is 7.05 Å². The zero-order valence-electron chi connectivity index (χ0n) is 8.40. The number of hydrogen-bond acceptors (Lipinski definition) is 1. The molecule has 0 atom stereocenters. The molecule has 15 heavy (non-hydrogen) atoms. The fourth-order valence-electron chi connectivity index (χ4n) is 1.05. The summed E-state index contributed by atoms with van der Waals surface area (Å²) >= 11 is 0. The second kappa shape index (κ2) is 5.99. The third-order valence-electron chi connectivity index (χ3n) is 1.73. The van der Waals surface area contributed by atoms with Gasteiger partial charge >= 0.3 is 6.03 Å². The fourth-order valence-corrected chi connectivity index (χ4v) is 1.05. The van der Waals surface area contributed by atoms with Crippen molar-refractivity contribution in [1.82, 2.24) is 9.47 Å². The summed E-state index contributed by atoms with van der Waals surface area (Å²) < 4.78 is 26.8. The van der Waals surface area contributed by atoms with E-state index in [1.54, 1.807) is 17.8 Å². The summed E-state index contributed by atoms with van der Waals surface area (Å²) in [6.45, 7) is -0.555. The van der Waals surface area contributed by atoms with Crippen molar-refractivity contribution in [1.29, 1.82) is 0 Å². The molecular weight excluding hydrogens is 319 g/mol. The number of carbonyl (C=O) groups excluding carboxylic acids is 1. The number of hydrogen-bond donors (Lipinski definition) is 0. The van der Waals surface area contributed by atoms with Gasteiger partial charge in [-0.25, -0.2) is 18.1 Å². The van der Waals surface area contributed by atoms with Crippen molar-refractivity contribution in [2.45, 2.75) is 6.43 Å². The number of amides is 1. The Labute approximate surface area is 104 Å². The summed E-state index contributed by atoms with van der Waals surface area (Å²) in [5, 5.41) is 0. The molecule has 0 saturated carbocycles. The minimum atomic E-state index is -2.51. The van der Waals surface area contributed by atoms with Crippen LogP contribution in [0.4, 0.5) is 13.6 Å². The van der Waals surface area contributed by atoms with Crippen molar-refractivity contribution in [3.05, 3.63) is 18.7 Å². The van der Waals surface area contributed by atoms with E-state index in [0.29, 0.717) is 0 Å². The van der Waals surface area contributed by atoms with Gasteiger partial charge in [-0.2, -0.15) is 4.57 Å². The highest BCUT2D eigenvalue weighted by atomic mass is 127. The number of aromatic nitrogens is 2. The van der Waals surface area contributed by atoms with Crippen LogP contribution in [0.2, 0.25) is 0 Å². The van der Waals surface area contributed by atoms with Crippen LogP contribution in [0.1, 0.15) is 0 Å². The van der Waals surface area contributed by atoms with E-state index in [2.05, 4.69) is 0 Å². The van der Waals surface area contributed by atoms with E-state index < -0.39 is 19.0 Å². The fraction of sp³-hybridized carbons (Fsp3) is 0.500. The molecule has 86 valence electrons. The summed E-state index contributed by atoms with van der Waals surface area (Å²) in [6, 6.07) is -0.467. The number of imidazole rings is 1. The molecule has 0 aliphatic heterocycles. The smallest absolute Gasteiger partial charge is 0.415 e. The SMILES string of the molecule is CN(CC(F)F)C(=O)n1cc[n+](C)c1.[I-]. The van der Waals surface area contributed by atoms with E-state index in [9.17, 15) is 13.6 Å². The van der Waals surface area contributed by atoms with E-state index >= 15 is 0 Å². The zero-order chi connectivity index (χ0) is 10.7. The Morgan fingerprint density at radius 3 is 2.60 bits per heavy atom. The Bertz CT molecular complexity index is 329. The normalized spacial score (nSPS) is 9.93. The van der Waals surface area contributed by atoms with Crippen LogP contribution in [0.25, 0.3) is 0 Å². The summed E-state index contributed by atoms with van der Waals surface area (Å²) in [6.07, 6.45) is 2.19. The minimum Gasteiger partial charge on any atom is -1.00 e. The molecule has 1 aromatic rings. The molecule has 0 saturated heterocycles. The van der Waals surface area contributed by atoms with E-state index in [1.165, 1.54) is 24.1 Å². The minimum absolute atomic E-state index is 0. The van der Waals surface area contributed by atoms with Gasteiger partial charge in [-0.1, -0.05) is 0 Å². The average Bonchev–Trinajstić information content (AvgIpc) is 2.49. The molecule has 1 rings (SSSR count). The number of aryl methyl sites for hydroxylation is 1. The Morgan fingerprint density at radius 1 is 1.60 bits per heavy atom. The quantitative estimate of drug-likeness (QED) is 0.435. The standard InChI is InChI=1S/C8H12F2N3O.HI/c1-11-3-4-13(6-11)8(14)12(2)5-7(9)10;/h3-4,6-7H,5H2,1-2H3;1H/q+1;/p-1. The van der Waals surface area contributed by atoms with Gasteiger partial charge in [-0.05, 0) is 0 Å². The lowest BCUT2D eigenvalue weighted by Crippen LogP contribution is -3.00. The van der Waals surface area contributed by atoms with Gasteiger partial charge in [0.1, 0.15) is 12.4 Å². The first kappa shape index (κ1) is 14.3. The molecule has 0 aliphatic rings. The average molecular weight is 331 g/mol. The van der Waals surface area contributed by atoms with Gasteiger partial charge in [-0.3, -0.25) is 0 Å². The maximum Gasteiger partial charge on any atom is 0.415 e. The third kappa shape index (κ3) is 4.10. The molecular formula is C8H12F2IN3O. The predicted octanol–water partition coefficient (Wildman–Crippen LogP) is -2.52. The van der Waals surface area contributed by atoms with E-state index in [4.69, 9.17) is 0 Å². The largest absolute Gasteiger partial charge is 1.00 e. The summed E-state index contributed by atoms with van der Waals surface area (Å²) in [4.78, 5) is 12.4. The van der Waals surface area contributed by atoms with E-state index in [1.807, 2.05) is 0 Å². The highest BCUT2D eigenvalue weighted by Gasteiger charge is 2.19. The summed E-state index contributed by atoms with van der Waals surface area (Å²) in [5.74, 6) is 0. The topological polar surface area (TPSA) is 29.1 Å². The van der Waals surface area contributed by atoms with Crippen molar-refractivity contribution >= 4 is 6.03 Å². The van der Waals surface area contributed by atoms with Crippen molar-refractivity contribution in [3.63, 3.8) is 0 Å². The van der Waals surface area contributed by atoms with Gasteiger partial charge in [0.15, 0.2) is 0 Å². The van der Waals surface area contributed by atoms with E-state index in [0.717, 1.165) is 4.90 Å². The van der Waals surface area contributed by atoms with Gasteiger partial charge in [0, 0.05) is 7.05 Å². The number of carbonyl (C=O) groups is 1. The van der Waals surface area contributed by atoms with Crippen LogP contribution < -0.4 is 28.5 Å². The predicted molar refractivity (Wildman–Crippen MR) is 45.0 cm³/mol. The first-order chi connectivity index (χ1) is 6.50. The molecule has 1 aromatic heterocycles. The van der Waals surface area contributed by atoms with Crippen LogP contribution in [-0.4, -0.2) is 35.5 Å². The second-order valence-corrected chi connectivity index (χ2v) is 3.04. The molecule has 4 nitrogen and oxygen atoms in total. The Balaban J connectivity index is 0.00000196. The molecule has 0 radical (unpaired) electrons. The molecule has 0 aromatic carbocycles. The van der Waals surface area contributed by atoms with Gasteiger partial charge in [0.2, 0.25) is 0 Å². The van der Waals surface area contributed by atoms with Crippen LogP contribution in [0.15, 0.2) is 18.7 Å². The third-order valence-corrected chi connectivity index (χ3v) is 1.73. The molecule has 0 spiro atoms. The summed E-state index contributed by atoms with van der Waals surface area (Å²) in [7, 11) is 3.09. The van der Waals surface area contributed by atoms with Gasteiger partial charge in [0.25, 0.3) is 12.8 Å². The van der Waals surface area contributed by atoms with Crippen LogP contribution >= 0.6 is 0 Å². The molecule has 0 fully saturated rings. The maximum absolute atomic E-state index is 12.0. The molecule has 0 N–H and O–H groups in total. The van der Waals surface area contributed by atoms with Gasteiger partial charge < -0.3 is 28.9 Å². The number of alkyl halides is 2. The van der Waals surface area contributed by atoms with Crippen molar-refractivity contribution in [3.8, 4) is 0 Å². The Morgan fingerprint density at radius 2 is 2.20 bits per heavy atom. The molecule has 0 unspecified atom stereocenters. The highest BCUT2D eigenvalue weighted by Crippen LogP contribution is 1.98. The monoisotopic (exact) mass is 331 g/mol. The molecule has 0 bridgehead atoms. The van der Waals surface area contributed by atoms with Gasteiger partial charge in [0.05, 0.1) is 13.6 Å². The first-order valence-corrected chi connectivity index (χ1v) is 4.07. The first-order valence-electron chi connectivity index (χ1n) is 4.07. The number of rotatable bonds is 2. The molecule has 7 heteroatoms. The van der Waals surface area contributed by atoms with Gasteiger partial charge in [-0.15, -0.1) is 0 Å². The van der Waals surface area contributed by atoms with Crippen LogP contribution in [0.5, 0.6) is 0 Å². The Hall–Kier alpha value is -0.730.